The van der Waals surface area contributed by atoms with E-state index in [4.69, 9.17) is 9.15 Å². The maximum Gasteiger partial charge on any atom is 0.238 e. The van der Waals surface area contributed by atoms with E-state index in [1.54, 1.807) is 24.3 Å². The molecule has 3 aromatic heterocycles. The van der Waals surface area contributed by atoms with Crippen molar-refractivity contribution in [1.29, 1.82) is 0 Å². The van der Waals surface area contributed by atoms with Crippen molar-refractivity contribution in [2.45, 2.75) is 0 Å². The first kappa shape index (κ1) is 21.4. The highest BCUT2D eigenvalue weighted by Gasteiger charge is 2.23. The predicted molar refractivity (Wildman–Crippen MR) is 134 cm³/mol. The van der Waals surface area contributed by atoms with Crippen LogP contribution in [0.2, 0.25) is 0 Å². The van der Waals surface area contributed by atoms with Crippen LogP contribution >= 0.6 is 0 Å². The zero-order chi connectivity index (χ0) is 23.9. The van der Waals surface area contributed by atoms with Crippen LogP contribution in [0.25, 0.3) is 33.0 Å². The molecule has 0 saturated carbocycles. The smallest absolute Gasteiger partial charge is 0.238 e. The van der Waals surface area contributed by atoms with Crippen LogP contribution in [0, 0.1) is 0 Å². The fourth-order valence-electron chi connectivity index (χ4n) is 4.73. The third kappa shape index (κ3) is 3.81. The Balaban J connectivity index is 1.13. The lowest BCUT2D eigenvalue weighted by Gasteiger charge is -2.35. The first-order valence-electron chi connectivity index (χ1n) is 11.5. The molecule has 10 heteroatoms. The van der Waals surface area contributed by atoms with Crippen LogP contribution in [0.15, 0.2) is 53.3 Å². The summed E-state index contributed by atoms with van der Waals surface area (Å²) in [5.41, 5.74) is 2.93. The van der Waals surface area contributed by atoms with E-state index < -0.39 is 0 Å². The fourth-order valence-corrected chi connectivity index (χ4v) is 4.73. The predicted octanol–water partition coefficient (Wildman–Crippen LogP) is 3.03. The molecule has 2 aromatic carbocycles. The van der Waals surface area contributed by atoms with Crippen molar-refractivity contribution in [3.8, 4) is 5.75 Å². The van der Waals surface area contributed by atoms with Gasteiger partial charge >= 0.3 is 0 Å². The van der Waals surface area contributed by atoms with E-state index in [0.717, 1.165) is 59.4 Å². The van der Waals surface area contributed by atoms with E-state index in [0.29, 0.717) is 23.6 Å². The standard InChI is InChI=1S/C25H25N7O3/c1-30-24-18(13-28-30)25(27-15-26-24)32-9-7-31(8-10-32)14-23(33)29-19-12-21-17(11-22(19)34-2)16-5-3-4-6-20(16)35-21/h3-6,11-13,15H,7-10,14H2,1-2H3,(H,29,33). The fraction of sp³-hybridized carbons (Fsp3) is 0.280. The summed E-state index contributed by atoms with van der Waals surface area (Å²) in [4.78, 5) is 26.1. The van der Waals surface area contributed by atoms with Crippen LogP contribution < -0.4 is 15.0 Å². The zero-order valence-electron chi connectivity index (χ0n) is 19.6. The highest BCUT2D eigenvalue weighted by atomic mass is 16.5. The Kier molecular flexibility index (Phi) is 5.22. The lowest BCUT2D eigenvalue weighted by atomic mass is 10.1. The number of methoxy groups -OCH3 is 1. The highest BCUT2D eigenvalue weighted by Crippen LogP contribution is 2.36. The van der Waals surface area contributed by atoms with E-state index in [1.807, 2.05) is 43.4 Å². The van der Waals surface area contributed by atoms with Gasteiger partial charge < -0.3 is 19.4 Å². The second kappa shape index (κ2) is 8.55. The number of anilines is 2. The van der Waals surface area contributed by atoms with Crippen molar-refractivity contribution in [3.05, 3.63) is 48.9 Å². The summed E-state index contributed by atoms with van der Waals surface area (Å²) in [7, 11) is 3.47. The number of hydrogen-bond donors (Lipinski definition) is 1. The molecular formula is C25H25N7O3. The number of hydrogen-bond acceptors (Lipinski definition) is 8. The number of furan rings is 1. The van der Waals surface area contributed by atoms with Gasteiger partial charge in [0.05, 0.1) is 30.9 Å². The number of carbonyl (C=O) groups is 1. The number of piperazine rings is 1. The molecular weight excluding hydrogens is 446 g/mol. The largest absolute Gasteiger partial charge is 0.495 e. The van der Waals surface area contributed by atoms with Crippen molar-refractivity contribution in [2.75, 3.05) is 50.1 Å². The van der Waals surface area contributed by atoms with Crippen LogP contribution in [0.4, 0.5) is 11.5 Å². The number of rotatable bonds is 5. The molecule has 10 nitrogen and oxygen atoms in total. The number of aryl methyl sites for hydroxylation is 1. The molecule has 0 radical (unpaired) electrons. The van der Waals surface area contributed by atoms with Gasteiger partial charge in [0.2, 0.25) is 5.91 Å². The number of ether oxygens (including phenoxy) is 1. The van der Waals surface area contributed by atoms with Crippen LogP contribution in [0.3, 0.4) is 0 Å². The number of benzene rings is 2. The molecule has 0 bridgehead atoms. The number of amides is 1. The quantitative estimate of drug-likeness (QED) is 0.417. The molecule has 0 spiro atoms. The van der Waals surface area contributed by atoms with Crippen molar-refractivity contribution in [3.63, 3.8) is 0 Å². The third-order valence-corrected chi connectivity index (χ3v) is 6.52. The second-order valence-electron chi connectivity index (χ2n) is 8.66. The minimum Gasteiger partial charge on any atom is -0.495 e. The van der Waals surface area contributed by atoms with Gasteiger partial charge in [-0.3, -0.25) is 14.4 Å². The highest BCUT2D eigenvalue weighted by molar-refractivity contribution is 6.07. The number of carbonyl (C=O) groups excluding carboxylic acids is 1. The first-order chi connectivity index (χ1) is 17.1. The molecule has 1 fully saturated rings. The van der Waals surface area contributed by atoms with Crippen LogP contribution in [-0.2, 0) is 11.8 Å². The number of fused-ring (bicyclic) bond motifs is 4. The Morgan fingerprint density at radius 2 is 1.89 bits per heavy atom. The topological polar surface area (TPSA) is 102 Å². The Hall–Kier alpha value is -4.18. The molecule has 1 amide bonds. The van der Waals surface area contributed by atoms with Crippen LogP contribution in [0.5, 0.6) is 5.75 Å². The van der Waals surface area contributed by atoms with Gasteiger partial charge in [-0.2, -0.15) is 5.10 Å². The molecule has 5 aromatic rings. The van der Waals surface area contributed by atoms with Gasteiger partial charge in [-0.15, -0.1) is 0 Å². The van der Waals surface area contributed by atoms with Crippen molar-refractivity contribution in [1.82, 2.24) is 24.6 Å². The Labute approximate surface area is 201 Å². The molecule has 0 atom stereocenters. The first-order valence-corrected chi connectivity index (χ1v) is 11.5. The number of nitrogens with one attached hydrogen (secondary N) is 1. The van der Waals surface area contributed by atoms with Gasteiger partial charge in [-0.05, 0) is 12.1 Å². The molecule has 35 heavy (non-hydrogen) atoms. The van der Waals surface area contributed by atoms with Gasteiger partial charge in [0.15, 0.2) is 5.65 Å². The number of para-hydroxylation sites is 1. The molecule has 1 aliphatic heterocycles. The molecule has 0 unspecified atom stereocenters. The second-order valence-corrected chi connectivity index (χ2v) is 8.66. The summed E-state index contributed by atoms with van der Waals surface area (Å²) in [6, 6.07) is 11.6. The third-order valence-electron chi connectivity index (χ3n) is 6.52. The summed E-state index contributed by atoms with van der Waals surface area (Å²) < 4.78 is 13.3. The minimum atomic E-state index is -0.0936. The Morgan fingerprint density at radius 3 is 2.71 bits per heavy atom. The Bertz CT molecular complexity index is 1550. The maximum absolute atomic E-state index is 12.9. The van der Waals surface area contributed by atoms with Gasteiger partial charge in [-0.25, -0.2) is 9.97 Å². The summed E-state index contributed by atoms with van der Waals surface area (Å²) in [6.45, 7) is 3.32. The SMILES string of the molecule is COc1cc2c(cc1NC(=O)CN1CCN(c3ncnc4c3cnn4C)CC1)oc1ccccc12. The summed E-state index contributed by atoms with van der Waals surface area (Å²) in [5.74, 6) is 1.39. The molecule has 1 saturated heterocycles. The monoisotopic (exact) mass is 471 g/mol. The molecule has 178 valence electrons. The molecule has 4 heterocycles. The van der Waals surface area contributed by atoms with Gasteiger partial charge in [-0.1, -0.05) is 18.2 Å². The minimum absolute atomic E-state index is 0.0936. The maximum atomic E-state index is 12.9. The van der Waals surface area contributed by atoms with E-state index >= 15 is 0 Å². The van der Waals surface area contributed by atoms with Crippen LogP contribution in [0.1, 0.15) is 0 Å². The lowest BCUT2D eigenvalue weighted by Crippen LogP contribution is -2.49. The van der Waals surface area contributed by atoms with Crippen molar-refractivity contribution in [2.24, 2.45) is 7.05 Å². The van der Waals surface area contributed by atoms with Crippen molar-refractivity contribution < 1.29 is 13.9 Å². The zero-order valence-corrected chi connectivity index (χ0v) is 19.6. The molecule has 1 N–H and O–H groups in total. The normalized spacial score (nSPS) is 14.7. The van der Waals surface area contributed by atoms with Gasteiger partial charge in [0.1, 0.15) is 29.1 Å². The van der Waals surface area contributed by atoms with Gasteiger partial charge in [0, 0.05) is 50.1 Å². The van der Waals surface area contributed by atoms with E-state index in [1.165, 1.54) is 0 Å². The molecule has 1 aliphatic rings. The van der Waals surface area contributed by atoms with Crippen molar-refractivity contribution >= 4 is 50.4 Å². The van der Waals surface area contributed by atoms with E-state index in [9.17, 15) is 4.79 Å². The molecule has 0 aliphatic carbocycles. The Morgan fingerprint density at radius 1 is 1.06 bits per heavy atom. The number of aromatic nitrogens is 4. The summed E-state index contributed by atoms with van der Waals surface area (Å²) in [6.07, 6.45) is 3.38. The summed E-state index contributed by atoms with van der Waals surface area (Å²) in [5, 5.41) is 10.2. The van der Waals surface area contributed by atoms with E-state index in [-0.39, 0.29) is 5.91 Å². The number of nitrogens with zero attached hydrogens (tertiary/aromatic N) is 6. The van der Waals surface area contributed by atoms with Crippen LogP contribution in [-0.4, -0.2) is 70.4 Å². The molecule has 6 rings (SSSR count). The lowest BCUT2D eigenvalue weighted by molar-refractivity contribution is -0.117. The average Bonchev–Trinajstić information content (AvgIpc) is 3.44. The average molecular weight is 472 g/mol. The van der Waals surface area contributed by atoms with Gasteiger partial charge in [0.25, 0.3) is 0 Å². The summed E-state index contributed by atoms with van der Waals surface area (Å²) >= 11 is 0. The van der Waals surface area contributed by atoms with E-state index in [2.05, 4.69) is 30.2 Å².